The Hall–Kier alpha value is -2.24. The van der Waals surface area contributed by atoms with Crippen LogP contribution in [0, 0.1) is 5.82 Å². The van der Waals surface area contributed by atoms with E-state index < -0.39 is 5.82 Å². The molecule has 0 atom stereocenters. The zero-order chi connectivity index (χ0) is 18.7. The van der Waals surface area contributed by atoms with Gasteiger partial charge in [0.15, 0.2) is 6.73 Å². The van der Waals surface area contributed by atoms with Crippen molar-refractivity contribution in [2.75, 3.05) is 11.6 Å². The van der Waals surface area contributed by atoms with Gasteiger partial charge in [0.05, 0.1) is 22.2 Å². The van der Waals surface area contributed by atoms with Crippen molar-refractivity contribution in [2.24, 2.45) is 0 Å². The lowest BCUT2D eigenvalue weighted by molar-refractivity contribution is 0.289. The zero-order valence-electron chi connectivity index (χ0n) is 14.2. The number of nitrogens with zero attached hydrogens (tertiary/aromatic N) is 1. The maximum Gasteiger partial charge on any atom is 0.339 e. The third-order valence-electron chi connectivity index (χ3n) is 5.25. The maximum absolute atomic E-state index is 13.5. The maximum atomic E-state index is 13.5. The van der Waals surface area contributed by atoms with Gasteiger partial charge in [0, 0.05) is 16.6 Å². The monoisotopic (exact) mass is 405 g/mol. The molecule has 0 unspecified atom stereocenters. The Balaban J connectivity index is 1.68. The number of halogens is 3. The predicted octanol–water partition coefficient (Wildman–Crippen LogP) is 5.08. The van der Waals surface area contributed by atoms with E-state index in [0.29, 0.717) is 28.6 Å². The second-order valence-corrected chi connectivity index (χ2v) is 7.63. The minimum Gasteiger partial charge on any atom is -0.471 e. The number of fused-ring (bicyclic) bond motifs is 5. The molecule has 1 aliphatic heterocycles. The number of hydrogen-bond acceptors (Lipinski definition) is 4. The fourth-order valence-corrected chi connectivity index (χ4v) is 4.41. The molecule has 138 valence electrons. The van der Waals surface area contributed by atoms with Gasteiger partial charge in [-0.15, -0.1) is 0 Å². The van der Waals surface area contributed by atoms with Crippen molar-refractivity contribution in [3.8, 4) is 5.75 Å². The van der Waals surface area contributed by atoms with Gasteiger partial charge in [0.2, 0.25) is 0 Å². The lowest BCUT2D eigenvalue weighted by atomic mass is 10.0. The second-order valence-electron chi connectivity index (χ2n) is 6.81. The smallest absolute Gasteiger partial charge is 0.339 e. The second kappa shape index (κ2) is 6.14. The number of anilines is 1. The summed E-state index contributed by atoms with van der Waals surface area (Å²) >= 11 is 12.4. The van der Waals surface area contributed by atoms with Gasteiger partial charge in [-0.05, 0) is 49.1 Å². The molecule has 2 heterocycles. The van der Waals surface area contributed by atoms with Crippen LogP contribution in [0.3, 0.4) is 0 Å². The number of aryl methyl sites for hydroxylation is 1. The van der Waals surface area contributed by atoms with Crippen LogP contribution in [0.1, 0.15) is 23.1 Å². The summed E-state index contributed by atoms with van der Waals surface area (Å²) in [4.78, 5) is 14.3. The number of benzene rings is 2. The Morgan fingerprint density at radius 1 is 1.04 bits per heavy atom. The van der Waals surface area contributed by atoms with Crippen LogP contribution in [-0.2, 0) is 19.4 Å². The average Bonchev–Trinajstić information content (AvgIpc) is 3.16. The highest BCUT2D eigenvalue weighted by Crippen LogP contribution is 2.42. The van der Waals surface area contributed by atoms with Crippen LogP contribution in [0.4, 0.5) is 10.1 Å². The molecule has 0 saturated carbocycles. The fraction of sp³-hybridized carbons (Fsp3) is 0.250. The number of rotatable bonds is 1. The molecule has 2 aliphatic rings. The van der Waals surface area contributed by atoms with Crippen molar-refractivity contribution >= 4 is 39.9 Å². The number of ether oxygens (including phenoxy) is 1. The first-order chi connectivity index (χ1) is 13.0. The van der Waals surface area contributed by atoms with Crippen LogP contribution >= 0.6 is 23.2 Å². The summed E-state index contributed by atoms with van der Waals surface area (Å²) in [5, 5.41) is 1.41. The molecular weight excluding hydrogens is 392 g/mol. The molecule has 5 rings (SSSR count). The third kappa shape index (κ3) is 2.60. The molecular formula is C20H14Cl2FNO3. The van der Waals surface area contributed by atoms with Crippen molar-refractivity contribution < 1.29 is 13.5 Å². The minimum atomic E-state index is -0.478. The zero-order valence-corrected chi connectivity index (χ0v) is 15.7. The minimum absolute atomic E-state index is 0.0404. The van der Waals surface area contributed by atoms with Gasteiger partial charge >= 0.3 is 5.63 Å². The first kappa shape index (κ1) is 16.9. The lowest BCUT2D eigenvalue weighted by Crippen LogP contribution is -2.32. The number of hydrogen-bond donors (Lipinski definition) is 0. The molecule has 27 heavy (non-hydrogen) atoms. The van der Waals surface area contributed by atoms with Crippen molar-refractivity contribution in [2.45, 2.75) is 25.8 Å². The first-order valence-corrected chi connectivity index (χ1v) is 9.41. The molecule has 3 aromatic rings. The summed E-state index contributed by atoms with van der Waals surface area (Å²) in [5.74, 6) is 0.0449. The van der Waals surface area contributed by atoms with Crippen molar-refractivity contribution in [1.29, 1.82) is 0 Å². The van der Waals surface area contributed by atoms with Gasteiger partial charge < -0.3 is 14.1 Å². The average molecular weight is 406 g/mol. The Labute approximate surface area is 164 Å². The molecule has 0 fully saturated rings. The first-order valence-electron chi connectivity index (χ1n) is 8.65. The van der Waals surface area contributed by atoms with Gasteiger partial charge in [-0.2, -0.15) is 0 Å². The topological polar surface area (TPSA) is 42.7 Å². The highest BCUT2D eigenvalue weighted by molar-refractivity contribution is 6.33. The molecule has 1 aliphatic carbocycles. The highest BCUT2D eigenvalue weighted by atomic mass is 35.5. The predicted molar refractivity (Wildman–Crippen MR) is 103 cm³/mol. The van der Waals surface area contributed by atoms with Gasteiger partial charge in [-0.25, -0.2) is 9.18 Å². The molecule has 0 spiro atoms. The molecule has 0 radical (unpaired) electrons. The normalized spacial score (nSPS) is 15.6. The Morgan fingerprint density at radius 3 is 2.67 bits per heavy atom. The van der Waals surface area contributed by atoms with Gasteiger partial charge in [-0.3, -0.25) is 0 Å². The molecule has 0 bridgehead atoms. The van der Waals surface area contributed by atoms with E-state index >= 15 is 0 Å². The van der Waals surface area contributed by atoms with E-state index in [1.807, 2.05) is 11.0 Å². The Bertz CT molecular complexity index is 1160. The van der Waals surface area contributed by atoms with Crippen molar-refractivity contribution in [3.63, 3.8) is 0 Å². The Morgan fingerprint density at radius 2 is 1.85 bits per heavy atom. The lowest BCUT2D eigenvalue weighted by Gasteiger charge is -2.31. The molecule has 0 N–H and O–H groups in total. The quantitative estimate of drug-likeness (QED) is 0.529. The van der Waals surface area contributed by atoms with Crippen molar-refractivity contribution in [3.05, 3.63) is 67.2 Å². The van der Waals surface area contributed by atoms with Crippen LogP contribution in [0.25, 0.3) is 11.0 Å². The van der Waals surface area contributed by atoms with Crippen molar-refractivity contribution in [1.82, 2.24) is 0 Å². The van der Waals surface area contributed by atoms with E-state index in [0.717, 1.165) is 41.3 Å². The molecule has 0 saturated heterocycles. The van der Waals surface area contributed by atoms with E-state index in [-0.39, 0.29) is 17.4 Å². The SMILES string of the molecule is O=c1oc2c3c(c(Cl)cc2c2c1CCC2)OCN(c1ccc(F)c(Cl)c1)C3. The molecule has 2 aromatic carbocycles. The largest absolute Gasteiger partial charge is 0.471 e. The molecule has 1 aromatic heterocycles. The summed E-state index contributed by atoms with van der Waals surface area (Å²) < 4.78 is 25.0. The van der Waals surface area contributed by atoms with E-state index in [4.69, 9.17) is 32.4 Å². The van der Waals surface area contributed by atoms with Gasteiger partial charge in [0.1, 0.15) is 17.1 Å². The highest BCUT2D eigenvalue weighted by Gasteiger charge is 2.28. The summed E-state index contributed by atoms with van der Waals surface area (Å²) in [6.45, 7) is 0.644. The van der Waals surface area contributed by atoms with E-state index in [1.165, 1.54) is 6.07 Å². The van der Waals surface area contributed by atoms with Crippen LogP contribution in [-0.4, -0.2) is 6.73 Å². The molecule has 4 nitrogen and oxygen atoms in total. The summed E-state index contributed by atoms with van der Waals surface area (Å²) in [6.07, 6.45) is 2.51. The standard InChI is InChI=1S/C20H14Cl2FNO3/c21-15-6-10(4-5-17(15)23)24-8-14-18-13(7-16(22)19(14)26-9-24)11-2-1-3-12(11)20(25)27-18/h4-7H,1-3,8-9H2. The van der Waals surface area contributed by atoms with E-state index in [1.54, 1.807) is 12.1 Å². The van der Waals surface area contributed by atoms with Gasteiger partial charge in [-0.1, -0.05) is 23.2 Å². The third-order valence-corrected chi connectivity index (χ3v) is 5.82. The molecule has 7 heteroatoms. The van der Waals surface area contributed by atoms with Crippen LogP contribution < -0.4 is 15.3 Å². The van der Waals surface area contributed by atoms with E-state index in [9.17, 15) is 9.18 Å². The fourth-order valence-electron chi connectivity index (χ4n) is 3.96. The van der Waals surface area contributed by atoms with Crippen LogP contribution in [0.2, 0.25) is 10.0 Å². The molecule has 0 amide bonds. The Kier molecular flexibility index (Phi) is 3.85. The summed E-state index contributed by atoms with van der Waals surface area (Å²) in [5.41, 5.74) is 3.42. The van der Waals surface area contributed by atoms with Crippen LogP contribution in [0.5, 0.6) is 5.75 Å². The summed E-state index contributed by atoms with van der Waals surface area (Å²) in [7, 11) is 0. The van der Waals surface area contributed by atoms with Crippen LogP contribution in [0.15, 0.2) is 33.5 Å². The van der Waals surface area contributed by atoms with E-state index in [2.05, 4.69) is 0 Å². The summed E-state index contributed by atoms with van der Waals surface area (Å²) in [6, 6.07) is 6.32. The van der Waals surface area contributed by atoms with Gasteiger partial charge in [0.25, 0.3) is 0 Å².